The highest BCUT2D eigenvalue weighted by atomic mass is 79.9. The van der Waals surface area contributed by atoms with Gasteiger partial charge in [-0.25, -0.2) is 4.79 Å². The van der Waals surface area contributed by atoms with E-state index in [-0.39, 0.29) is 41.9 Å². The van der Waals surface area contributed by atoms with E-state index in [1.54, 1.807) is 12.1 Å². The Balaban J connectivity index is 1.32. The van der Waals surface area contributed by atoms with E-state index in [1.807, 2.05) is 37.3 Å². The summed E-state index contributed by atoms with van der Waals surface area (Å²) < 4.78 is 6.07. The van der Waals surface area contributed by atoms with Gasteiger partial charge < -0.3 is 10.1 Å². The fourth-order valence-electron chi connectivity index (χ4n) is 6.06. The topological polar surface area (TPSA) is 92.8 Å². The molecule has 1 heterocycles. The van der Waals surface area contributed by atoms with E-state index in [4.69, 9.17) is 16.3 Å². The van der Waals surface area contributed by atoms with E-state index in [9.17, 15) is 19.2 Å². The Morgan fingerprint density at radius 2 is 1.75 bits per heavy atom. The van der Waals surface area contributed by atoms with Gasteiger partial charge in [0.15, 0.2) is 6.61 Å². The molecule has 1 N–H and O–H groups in total. The number of hydrogen-bond donors (Lipinski definition) is 1. The first-order valence-corrected chi connectivity index (χ1v) is 13.2. The number of halogens is 2. The van der Waals surface area contributed by atoms with Crippen LogP contribution in [0.2, 0.25) is 5.02 Å². The van der Waals surface area contributed by atoms with Gasteiger partial charge in [-0.15, -0.1) is 0 Å². The number of aryl methyl sites for hydroxylation is 1. The summed E-state index contributed by atoms with van der Waals surface area (Å²) in [5, 5.41) is 3.12. The van der Waals surface area contributed by atoms with Gasteiger partial charge in [0.05, 0.1) is 16.9 Å². The molecule has 2 bridgehead atoms. The number of likely N-dealkylation sites (tertiary alicyclic amines) is 1. The predicted molar refractivity (Wildman–Crippen MR) is 137 cm³/mol. The maximum Gasteiger partial charge on any atom is 0.330 e. The van der Waals surface area contributed by atoms with Crippen molar-refractivity contribution in [3.8, 4) is 0 Å². The van der Waals surface area contributed by atoms with Crippen LogP contribution in [0.1, 0.15) is 30.4 Å². The maximum atomic E-state index is 13.4. The molecule has 3 fully saturated rings. The van der Waals surface area contributed by atoms with Crippen LogP contribution >= 0.6 is 27.5 Å². The highest BCUT2D eigenvalue weighted by molar-refractivity contribution is 9.10. The number of nitrogens with zero attached hydrogens (tertiary/aromatic N) is 1. The predicted octanol–water partition coefficient (Wildman–Crippen LogP) is 4.54. The molecular weight excluding hydrogens is 548 g/mol. The molecule has 36 heavy (non-hydrogen) atoms. The monoisotopic (exact) mass is 572 g/mol. The first-order chi connectivity index (χ1) is 17.2. The number of ether oxygens (including phenoxy) is 1. The number of esters is 1. The van der Waals surface area contributed by atoms with Crippen LogP contribution < -0.4 is 5.32 Å². The number of anilines is 1. The summed E-state index contributed by atoms with van der Waals surface area (Å²) in [6.07, 6.45) is 2.95. The number of imide groups is 1. The van der Waals surface area contributed by atoms with Gasteiger partial charge in [0.25, 0.3) is 5.91 Å². The van der Waals surface area contributed by atoms with Gasteiger partial charge in [-0.05, 0) is 77.2 Å². The fraction of sp³-hybridized carbons (Fsp3) is 0.407. The zero-order valence-corrected chi connectivity index (χ0v) is 22.1. The molecule has 2 aliphatic carbocycles. The molecule has 188 valence electrons. The summed E-state index contributed by atoms with van der Waals surface area (Å²) in [6.45, 7) is 1.26. The standard InChI is InChI=1S/C27H26BrClN2O5/c1-14-9-18(28)19(29)12-20(14)30-22(32)13-36-27(35)21(10-15-5-3-2-4-6-15)31-25(33)23-16-7-8-17(11-16)24(23)26(31)34/h2-6,9,12,16-17,21,23-24H,7-8,10-11,13H2,1H3,(H,30,32)/t16-,17-,21-,23-,24-/m0/s1. The largest absolute Gasteiger partial charge is 0.454 e. The molecule has 3 amide bonds. The van der Waals surface area contributed by atoms with Crippen molar-refractivity contribution in [3.63, 3.8) is 0 Å². The Kier molecular flexibility index (Phi) is 6.92. The summed E-state index contributed by atoms with van der Waals surface area (Å²) >= 11 is 9.46. The zero-order valence-electron chi connectivity index (χ0n) is 19.7. The van der Waals surface area contributed by atoms with E-state index in [2.05, 4.69) is 21.2 Å². The molecule has 1 saturated heterocycles. The lowest BCUT2D eigenvalue weighted by molar-refractivity contribution is -0.160. The van der Waals surface area contributed by atoms with Gasteiger partial charge in [-0.1, -0.05) is 41.9 Å². The Morgan fingerprint density at radius 3 is 2.39 bits per heavy atom. The Morgan fingerprint density at radius 1 is 1.11 bits per heavy atom. The Labute approximate surface area is 222 Å². The average Bonchev–Trinajstić information content (AvgIpc) is 3.54. The van der Waals surface area contributed by atoms with Gasteiger partial charge in [0.1, 0.15) is 6.04 Å². The number of benzene rings is 2. The minimum absolute atomic E-state index is 0.134. The van der Waals surface area contributed by atoms with Crippen LogP contribution in [0.3, 0.4) is 0 Å². The minimum Gasteiger partial charge on any atom is -0.454 e. The summed E-state index contributed by atoms with van der Waals surface area (Å²) in [5.41, 5.74) is 2.07. The molecule has 2 saturated carbocycles. The highest BCUT2D eigenvalue weighted by Gasteiger charge is 2.62. The first kappa shape index (κ1) is 25.0. The smallest absolute Gasteiger partial charge is 0.330 e. The number of nitrogens with one attached hydrogen (secondary N) is 1. The maximum absolute atomic E-state index is 13.4. The van der Waals surface area contributed by atoms with Crippen molar-refractivity contribution in [1.29, 1.82) is 0 Å². The van der Waals surface area contributed by atoms with Gasteiger partial charge in [0.2, 0.25) is 11.8 Å². The van der Waals surface area contributed by atoms with Crippen LogP contribution in [0.15, 0.2) is 46.9 Å². The van der Waals surface area contributed by atoms with Crippen LogP contribution in [0.25, 0.3) is 0 Å². The van der Waals surface area contributed by atoms with E-state index >= 15 is 0 Å². The number of rotatable bonds is 7. The SMILES string of the molecule is Cc1cc(Br)c(Cl)cc1NC(=O)COC(=O)[C@H](Cc1ccccc1)N1C(=O)[C@H]2[C@H]3CC[C@@H](C3)[C@@H]2C1=O. The lowest BCUT2D eigenvalue weighted by atomic mass is 9.81. The van der Waals surface area contributed by atoms with Crippen molar-refractivity contribution in [3.05, 3.63) is 63.1 Å². The average molecular weight is 574 g/mol. The second-order valence-electron chi connectivity index (χ2n) is 9.87. The summed E-state index contributed by atoms with van der Waals surface area (Å²) in [6, 6.07) is 11.5. The molecule has 2 aromatic carbocycles. The molecule has 3 aliphatic rings. The molecule has 0 unspecified atom stereocenters. The van der Waals surface area contributed by atoms with Gasteiger partial charge in [0, 0.05) is 16.6 Å². The summed E-state index contributed by atoms with van der Waals surface area (Å²) in [5.74, 6) is -2.13. The van der Waals surface area contributed by atoms with Crippen molar-refractivity contribution >= 4 is 56.9 Å². The van der Waals surface area contributed by atoms with Crippen molar-refractivity contribution in [1.82, 2.24) is 4.90 Å². The van der Waals surface area contributed by atoms with Gasteiger partial charge >= 0.3 is 5.97 Å². The number of fused-ring (bicyclic) bond motifs is 5. The van der Waals surface area contributed by atoms with Crippen LogP contribution in [-0.2, 0) is 30.3 Å². The summed E-state index contributed by atoms with van der Waals surface area (Å²) in [7, 11) is 0. The first-order valence-electron chi connectivity index (χ1n) is 12.1. The molecule has 2 aromatic rings. The molecule has 0 radical (unpaired) electrons. The molecule has 5 atom stereocenters. The Bertz CT molecular complexity index is 1210. The molecule has 0 spiro atoms. The molecule has 7 nitrogen and oxygen atoms in total. The highest BCUT2D eigenvalue weighted by Crippen LogP contribution is 2.56. The second-order valence-corrected chi connectivity index (χ2v) is 11.1. The number of carbonyl (C=O) groups is 4. The lowest BCUT2D eigenvalue weighted by Gasteiger charge is -2.26. The lowest BCUT2D eigenvalue weighted by Crippen LogP contribution is -2.48. The molecule has 1 aliphatic heterocycles. The van der Waals surface area contributed by atoms with Crippen LogP contribution in [0, 0.1) is 30.6 Å². The fourth-order valence-corrected chi connectivity index (χ4v) is 6.68. The minimum atomic E-state index is -1.12. The molecular formula is C27H26BrClN2O5. The van der Waals surface area contributed by atoms with Crippen molar-refractivity contribution < 1.29 is 23.9 Å². The van der Waals surface area contributed by atoms with Crippen LogP contribution in [0.5, 0.6) is 0 Å². The number of hydrogen-bond acceptors (Lipinski definition) is 5. The second kappa shape index (κ2) is 9.98. The quantitative estimate of drug-likeness (QED) is 0.388. The van der Waals surface area contributed by atoms with Gasteiger partial charge in [-0.3, -0.25) is 19.3 Å². The molecule has 0 aromatic heterocycles. The van der Waals surface area contributed by atoms with E-state index in [0.29, 0.717) is 15.2 Å². The molecule has 5 rings (SSSR count). The van der Waals surface area contributed by atoms with Crippen LogP contribution in [0.4, 0.5) is 5.69 Å². The van der Waals surface area contributed by atoms with E-state index in [0.717, 1.165) is 35.3 Å². The van der Waals surface area contributed by atoms with Crippen molar-refractivity contribution in [2.45, 2.75) is 38.6 Å². The normalized spacial score (nSPS) is 25.1. The van der Waals surface area contributed by atoms with Gasteiger partial charge in [-0.2, -0.15) is 0 Å². The van der Waals surface area contributed by atoms with E-state index < -0.39 is 24.5 Å². The van der Waals surface area contributed by atoms with Crippen molar-refractivity contribution in [2.24, 2.45) is 23.7 Å². The van der Waals surface area contributed by atoms with Crippen molar-refractivity contribution in [2.75, 3.05) is 11.9 Å². The Hall–Kier alpha value is -2.71. The zero-order chi connectivity index (χ0) is 25.6. The van der Waals surface area contributed by atoms with Crippen LogP contribution in [-0.4, -0.2) is 41.2 Å². The van der Waals surface area contributed by atoms with E-state index in [1.165, 1.54) is 0 Å². The third-order valence-corrected chi connectivity index (χ3v) is 8.90. The number of carbonyl (C=O) groups excluding carboxylic acids is 4. The summed E-state index contributed by atoms with van der Waals surface area (Å²) in [4.78, 5) is 53.8. The third kappa shape index (κ3) is 4.57. The molecule has 9 heteroatoms. The number of amides is 3. The third-order valence-electron chi connectivity index (χ3n) is 7.70.